The van der Waals surface area contributed by atoms with Crippen molar-refractivity contribution in [3.63, 3.8) is 0 Å². The second kappa shape index (κ2) is 7.48. The molecule has 0 saturated carbocycles. The van der Waals surface area contributed by atoms with E-state index in [0.29, 0.717) is 18.8 Å². The van der Waals surface area contributed by atoms with E-state index in [2.05, 4.69) is 15.6 Å². The third-order valence-electron chi connectivity index (χ3n) is 2.60. The van der Waals surface area contributed by atoms with Gasteiger partial charge >= 0.3 is 5.97 Å². The summed E-state index contributed by atoms with van der Waals surface area (Å²) in [5, 5.41) is 14.6. The summed E-state index contributed by atoms with van der Waals surface area (Å²) in [6.45, 7) is 4.85. The van der Waals surface area contributed by atoms with Crippen molar-refractivity contribution in [3.8, 4) is 0 Å². The molecule has 19 heavy (non-hydrogen) atoms. The number of aromatic carboxylic acids is 1. The molecule has 1 aromatic heterocycles. The SMILES string of the molecule is CCCNC(=O)C(C)NCc1ccc(C(=O)O)cn1. The van der Waals surface area contributed by atoms with Gasteiger partial charge in [0.25, 0.3) is 0 Å². The third-order valence-corrected chi connectivity index (χ3v) is 2.60. The highest BCUT2D eigenvalue weighted by molar-refractivity contribution is 5.87. The standard InChI is InChI=1S/C13H19N3O3/c1-3-6-14-12(17)9(2)15-8-11-5-4-10(7-16-11)13(18)19/h4-5,7,9,15H,3,6,8H2,1-2H3,(H,14,17)(H,18,19). The molecule has 1 aromatic rings. The second-order valence-electron chi connectivity index (χ2n) is 4.24. The number of hydrogen-bond acceptors (Lipinski definition) is 4. The number of carboxylic acid groups (broad SMARTS) is 1. The fraction of sp³-hybridized carbons (Fsp3) is 0.462. The molecule has 0 radical (unpaired) electrons. The van der Waals surface area contributed by atoms with Gasteiger partial charge in [-0.1, -0.05) is 6.92 Å². The maximum atomic E-state index is 11.6. The van der Waals surface area contributed by atoms with E-state index in [1.807, 2.05) is 6.92 Å². The molecule has 1 amide bonds. The van der Waals surface area contributed by atoms with Gasteiger partial charge in [-0.3, -0.25) is 9.78 Å². The first-order valence-electron chi connectivity index (χ1n) is 6.24. The summed E-state index contributed by atoms with van der Waals surface area (Å²) in [5.41, 5.74) is 0.845. The number of carbonyl (C=O) groups is 2. The number of carbonyl (C=O) groups excluding carboxylic acids is 1. The largest absolute Gasteiger partial charge is 0.478 e. The van der Waals surface area contributed by atoms with Crippen molar-refractivity contribution in [2.45, 2.75) is 32.9 Å². The Hall–Kier alpha value is -1.95. The zero-order valence-electron chi connectivity index (χ0n) is 11.1. The Balaban J connectivity index is 2.43. The molecule has 0 spiro atoms. The van der Waals surface area contributed by atoms with E-state index in [1.165, 1.54) is 12.3 Å². The predicted molar refractivity (Wildman–Crippen MR) is 70.8 cm³/mol. The van der Waals surface area contributed by atoms with Crippen LogP contribution in [-0.2, 0) is 11.3 Å². The number of nitrogens with zero attached hydrogens (tertiary/aromatic N) is 1. The molecule has 1 rings (SSSR count). The smallest absolute Gasteiger partial charge is 0.337 e. The quantitative estimate of drug-likeness (QED) is 0.678. The van der Waals surface area contributed by atoms with E-state index in [-0.39, 0.29) is 17.5 Å². The lowest BCUT2D eigenvalue weighted by Gasteiger charge is -2.13. The van der Waals surface area contributed by atoms with Gasteiger partial charge < -0.3 is 15.7 Å². The summed E-state index contributed by atoms with van der Waals surface area (Å²) < 4.78 is 0. The maximum absolute atomic E-state index is 11.6. The number of nitrogens with one attached hydrogen (secondary N) is 2. The topological polar surface area (TPSA) is 91.3 Å². The van der Waals surface area contributed by atoms with E-state index >= 15 is 0 Å². The highest BCUT2D eigenvalue weighted by atomic mass is 16.4. The van der Waals surface area contributed by atoms with Crippen LogP contribution in [0.5, 0.6) is 0 Å². The summed E-state index contributed by atoms with van der Waals surface area (Å²) >= 11 is 0. The average molecular weight is 265 g/mol. The van der Waals surface area contributed by atoms with Gasteiger partial charge in [0.2, 0.25) is 5.91 Å². The molecule has 3 N–H and O–H groups in total. The molecule has 6 heteroatoms. The van der Waals surface area contributed by atoms with Gasteiger partial charge in [0.05, 0.1) is 17.3 Å². The summed E-state index contributed by atoms with van der Waals surface area (Å²) in [6.07, 6.45) is 2.21. The van der Waals surface area contributed by atoms with Crippen molar-refractivity contribution in [2.24, 2.45) is 0 Å². The van der Waals surface area contributed by atoms with Gasteiger partial charge in [0.1, 0.15) is 0 Å². The summed E-state index contributed by atoms with van der Waals surface area (Å²) in [5.74, 6) is -1.05. The molecule has 1 unspecified atom stereocenters. The van der Waals surface area contributed by atoms with Crippen molar-refractivity contribution in [1.82, 2.24) is 15.6 Å². The Morgan fingerprint density at radius 3 is 2.68 bits per heavy atom. The minimum atomic E-state index is -1.00. The summed E-state index contributed by atoms with van der Waals surface area (Å²) in [7, 11) is 0. The Bertz CT molecular complexity index is 431. The Labute approximate surface area is 112 Å². The molecular weight excluding hydrogens is 246 g/mol. The van der Waals surface area contributed by atoms with E-state index in [0.717, 1.165) is 6.42 Å². The molecule has 0 aliphatic heterocycles. The van der Waals surface area contributed by atoms with Gasteiger partial charge in [0, 0.05) is 19.3 Å². The fourth-order valence-corrected chi connectivity index (χ4v) is 1.41. The molecule has 104 valence electrons. The van der Waals surface area contributed by atoms with E-state index in [4.69, 9.17) is 5.11 Å². The van der Waals surface area contributed by atoms with Crippen LogP contribution in [0.15, 0.2) is 18.3 Å². The van der Waals surface area contributed by atoms with Gasteiger partial charge in [-0.25, -0.2) is 4.79 Å². The minimum Gasteiger partial charge on any atom is -0.478 e. The number of aromatic nitrogens is 1. The van der Waals surface area contributed by atoms with E-state index < -0.39 is 5.97 Å². The first-order chi connectivity index (χ1) is 9.04. The van der Waals surface area contributed by atoms with E-state index in [1.54, 1.807) is 13.0 Å². The van der Waals surface area contributed by atoms with Crippen LogP contribution in [0.25, 0.3) is 0 Å². The highest BCUT2D eigenvalue weighted by Crippen LogP contribution is 2.00. The molecule has 0 bridgehead atoms. The fourth-order valence-electron chi connectivity index (χ4n) is 1.41. The second-order valence-corrected chi connectivity index (χ2v) is 4.24. The van der Waals surface area contributed by atoms with E-state index in [9.17, 15) is 9.59 Å². The zero-order chi connectivity index (χ0) is 14.3. The van der Waals surface area contributed by atoms with Crippen molar-refractivity contribution in [1.29, 1.82) is 0 Å². The number of carboxylic acids is 1. The normalized spacial score (nSPS) is 11.9. The molecule has 6 nitrogen and oxygen atoms in total. The molecule has 0 fully saturated rings. The number of pyridine rings is 1. The molecule has 0 aliphatic rings. The first-order valence-corrected chi connectivity index (χ1v) is 6.24. The lowest BCUT2D eigenvalue weighted by Crippen LogP contribution is -2.42. The third kappa shape index (κ3) is 5.05. The Morgan fingerprint density at radius 1 is 1.42 bits per heavy atom. The number of amides is 1. The van der Waals surface area contributed by atoms with Crippen molar-refractivity contribution in [2.75, 3.05) is 6.54 Å². The molecule has 1 atom stereocenters. The van der Waals surface area contributed by atoms with Gasteiger partial charge in [-0.15, -0.1) is 0 Å². The predicted octanol–water partition coefficient (Wildman–Crippen LogP) is 0.784. The van der Waals surface area contributed by atoms with Crippen LogP contribution < -0.4 is 10.6 Å². The Morgan fingerprint density at radius 2 is 2.16 bits per heavy atom. The summed E-state index contributed by atoms with van der Waals surface area (Å²) in [4.78, 5) is 26.3. The Kier molecular flexibility index (Phi) is 5.95. The van der Waals surface area contributed by atoms with Crippen LogP contribution in [0.4, 0.5) is 0 Å². The first kappa shape index (κ1) is 15.1. The van der Waals surface area contributed by atoms with Gasteiger partial charge in [-0.2, -0.15) is 0 Å². The van der Waals surface area contributed by atoms with Crippen LogP contribution in [0.3, 0.4) is 0 Å². The van der Waals surface area contributed by atoms with Crippen LogP contribution in [0.1, 0.15) is 36.3 Å². The molecular formula is C13H19N3O3. The van der Waals surface area contributed by atoms with Crippen LogP contribution in [0, 0.1) is 0 Å². The minimum absolute atomic E-state index is 0.0518. The molecule has 0 aliphatic carbocycles. The maximum Gasteiger partial charge on any atom is 0.337 e. The number of rotatable bonds is 7. The molecule has 1 heterocycles. The van der Waals surface area contributed by atoms with Crippen molar-refractivity contribution < 1.29 is 14.7 Å². The van der Waals surface area contributed by atoms with Gasteiger partial charge in [0.15, 0.2) is 0 Å². The lowest BCUT2D eigenvalue weighted by molar-refractivity contribution is -0.122. The summed E-state index contributed by atoms with van der Waals surface area (Å²) in [6, 6.07) is 2.81. The molecule has 0 saturated heterocycles. The zero-order valence-corrected chi connectivity index (χ0v) is 11.1. The van der Waals surface area contributed by atoms with Crippen LogP contribution in [-0.4, -0.2) is 34.6 Å². The lowest BCUT2D eigenvalue weighted by atomic mass is 10.2. The van der Waals surface area contributed by atoms with Gasteiger partial charge in [-0.05, 0) is 25.5 Å². The number of hydrogen-bond donors (Lipinski definition) is 3. The average Bonchev–Trinajstić information content (AvgIpc) is 2.42. The van der Waals surface area contributed by atoms with Crippen molar-refractivity contribution >= 4 is 11.9 Å². The monoisotopic (exact) mass is 265 g/mol. The van der Waals surface area contributed by atoms with Crippen molar-refractivity contribution in [3.05, 3.63) is 29.6 Å². The van der Waals surface area contributed by atoms with Crippen LogP contribution in [0.2, 0.25) is 0 Å². The van der Waals surface area contributed by atoms with Crippen LogP contribution >= 0.6 is 0 Å². The highest BCUT2D eigenvalue weighted by Gasteiger charge is 2.11. The molecule has 0 aromatic carbocycles.